The van der Waals surface area contributed by atoms with Crippen molar-refractivity contribution in [2.24, 2.45) is 0 Å². The second-order valence-corrected chi connectivity index (χ2v) is 3.35. The van der Waals surface area contributed by atoms with Crippen LogP contribution < -0.4 is 5.32 Å². The Balaban J connectivity index is 2.46. The van der Waals surface area contributed by atoms with Gasteiger partial charge in [0.05, 0.1) is 5.56 Å². The van der Waals surface area contributed by atoms with Crippen molar-refractivity contribution in [1.29, 1.82) is 0 Å². The van der Waals surface area contributed by atoms with Crippen LogP contribution in [-0.2, 0) is 10.9 Å². The maximum atomic E-state index is 12.2. The van der Waals surface area contributed by atoms with Crippen LogP contribution in [0.1, 0.15) is 12.0 Å². The van der Waals surface area contributed by atoms with E-state index in [1.165, 1.54) is 12.1 Å². The topological polar surface area (TPSA) is 21.3 Å². The van der Waals surface area contributed by atoms with E-state index in [2.05, 4.69) is 5.32 Å². The van der Waals surface area contributed by atoms with Gasteiger partial charge in [-0.3, -0.25) is 0 Å². The molecule has 1 N–H and O–H groups in total. The first-order valence-electron chi connectivity index (χ1n) is 4.94. The van der Waals surface area contributed by atoms with E-state index in [1.54, 1.807) is 7.11 Å². The highest BCUT2D eigenvalue weighted by Gasteiger charge is 2.29. The van der Waals surface area contributed by atoms with E-state index < -0.39 is 11.7 Å². The molecule has 16 heavy (non-hydrogen) atoms. The molecule has 90 valence electrons. The predicted molar refractivity (Wildman–Crippen MR) is 56.4 cm³/mol. The van der Waals surface area contributed by atoms with Crippen molar-refractivity contribution in [3.8, 4) is 0 Å². The summed E-state index contributed by atoms with van der Waals surface area (Å²) in [5.41, 5.74) is 0.0547. The number of methoxy groups -OCH3 is 1. The van der Waals surface area contributed by atoms with E-state index in [9.17, 15) is 13.2 Å². The maximum Gasteiger partial charge on any atom is 0.416 e. The molecule has 0 aliphatic heterocycles. The van der Waals surface area contributed by atoms with E-state index in [-0.39, 0.29) is 0 Å². The third-order valence-corrected chi connectivity index (χ3v) is 2.07. The number of ether oxygens (including phenoxy) is 1. The van der Waals surface area contributed by atoms with Crippen LogP contribution in [0.25, 0.3) is 0 Å². The van der Waals surface area contributed by atoms with E-state index >= 15 is 0 Å². The summed E-state index contributed by atoms with van der Waals surface area (Å²) in [6.07, 6.45) is -3.45. The summed E-state index contributed by atoms with van der Waals surface area (Å²) in [7, 11) is 1.61. The molecular formula is C11H14F3NO. The number of hydrogen-bond donors (Lipinski definition) is 1. The van der Waals surface area contributed by atoms with Crippen molar-refractivity contribution >= 4 is 5.69 Å². The third-order valence-electron chi connectivity index (χ3n) is 2.07. The maximum absolute atomic E-state index is 12.2. The van der Waals surface area contributed by atoms with Crippen LogP contribution in [0, 0.1) is 0 Å². The Morgan fingerprint density at radius 3 is 2.31 bits per heavy atom. The van der Waals surface area contributed by atoms with Crippen LogP contribution in [0.4, 0.5) is 18.9 Å². The summed E-state index contributed by atoms with van der Waals surface area (Å²) in [6, 6.07) is 4.99. The molecule has 0 unspecified atom stereocenters. The number of halogens is 3. The van der Waals surface area contributed by atoms with Gasteiger partial charge in [0.2, 0.25) is 0 Å². The molecule has 2 nitrogen and oxygen atoms in total. The average Bonchev–Trinajstić information content (AvgIpc) is 2.24. The van der Waals surface area contributed by atoms with Crippen LogP contribution in [0.3, 0.4) is 0 Å². The summed E-state index contributed by atoms with van der Waals surface area (Å²) in [5, 5.41) is 3.01. The van der Waals surface area contributed by atoms with Crippen molar-refractivity contribution in [3.05, 3.63) is 29.8 Å². The summed E-state index contributed by atoms with van der Waals surface area (Å²) >= 11 is 0. The highest BCUT2D eigenvalue weighted by Crippen LogP contribution is 2.29. The van der Waals surface area contributed by atoms with Crippen molar-refractivity contribution < 1.29 is 17.9 Å². The fourth-order valence-electron chi connectivity index (χ4n) is 1.23. The fourth-order valence-corrected chi connectivity index (χ4v) is 1.23. The first-order chi connectivity index (χ1) is 7.54. The predicted octanol–water partition coefficient (Wildman–Crippen LogP) is 3.15. The Morgan fingerprint density at radius 2 is 1.81 bits per heavy atom. The average molecular weight is 233 g/mol. The molecule has 0 aromatic heterocycles. The summed E-state index contributed by atoms with van der Waals surface area (Å²) < 4.78 is 41.6. The Kier molecular flexibility index (Phi) is 4.61. The highest BCUT2D eigenvalue weighted by molar-refractivity contribution is 5.44. The van der Waals surface area contributed by atoms with Gasteiger partial charge in [0.15, 0.2) is 0 Å². The standard InChI is InChI=1S/C11H14F3NO/c1-16-8-2-7-15-10-5-3-9(4-6-10)11(12,13)14/h3-6,15H,2,7-8H2,1H3. The first-order valence-corrected chi connectivity index (χ1v) is 4.94. The molecule has 0 spiro atoms. The van der Waals surface area contributed by atoms with E-state index in [1.807, 2.05) is 0 Å². The van der Waals surface area contributed by atoms with Crippen molar-refractivity contribution in [2.45, 2.75) is 12.6 Å². The number of benzene rings is 1. The minimum Gasteiger partial charge on any atom is -0.385 e. The van der Waals surface area contributed by atoms with Crippen LogP contribution in [0.15, 0.2) is 24.3 Å². The second kappa shape index (κ2) is 5.75. The Morgan fingerprint density at radius 1 is 1.19 bits per heavy atom. The molecule has 0 amide bonds. The Labute approximate surface area is 92.4 Å². The molecule has 0 radical (unpaired) electrons. The number of nitrogens with one attached hydrogen (secondary N) is 1. The van der Waals surface area contributed by atoms with Crippen LogP contribution in [0.5, 0.6) is 0 Å². The Bertz CT molecular complexity index is 308. The first kappa shape index (κ1) is 12.8. The molecule has 0 aliphatic rings. The minimum absolute atomic E-state index is 0.630. The smallest absolute Gasteiger partial charge is 0.385 e. The quantitative estimate of drug-likeness (QED) is 0.789. The van der Waals surface area contributed by atoms with Crippen LogP contribution in [0.2, 0.25) is 0 Å². The highest BCUT2D eigenvalue weighted by atomic mass is 19.4. The van der Waals surface area contributed by atoms with Gasteiger partial charge in [-0.15, -0.1) is 0 Å². The van der Waals surface area contributed by atoms with E-state index in [4.69, 9.17) is 4.74 Å². The molecule has 0 heterocycles. The number of anilines is 1. The molecule has 0 saturated heterocycles. The number of alkyl halides is 3. The second-order valence-electron chi connectivity index (χ2n) is 3.35. The normalized spacial score (nSPS) is 11.5. The SMILES string of the molecule is COCCCNc1ccc(C(F)(F)F)cc1. The zero-order valence-corrected chi connectivity index (χ0v) is 8.97. The Hall–Kier alpha value is -1.23. The largest absolute Gasteiger partial charge is 0.416 e. The number of rotatable bonds is 5. The monoisotopic (exact) mass is 233 g/mol. The van der Waals surface area contributed by atoms with Crippen molar-refractivity contribution in [3.63, 3.8) is 0 Å². The fraction of sp³-hybridized carbons (Fsp3) is 0.455. The molecular weight excluding hydrogens is 219 g/mol. The number of hydrogen-bond acceptors (Lipinski definition) is 2. The van der Waals surface area contributed by atoms with Gasteiger partial charge in [0.1, 0.15) is 0 Å². The van der Waals surface area contributed by atoms with Crippen molar-refractivity contribution in [2.75, 3.05) is 25.6 Å². The van der Waals surface area contributed by atoms with Gasteiger partial charge in [-0.2, -0.15) is 13.2 Å². The van der Waals surface area contributed by atoms with Crippen LogP contribution in [-0.4, -0.2) is 20.3 Å². The summed E-state index contributed by atoms with van der Waals surface area (Å²) in [4.78, 5) is 0. The molecule has 0 saturated carbocycles. The van der Waals surface area contributed by atoms with Gasteiger partial charge in [-0.05, 0) is 30.7 Å². The lowest BCUT2D eigenvalue weighted by Gasteiger charge is -2.09. The van der Waals surface area contributed by atoms with Gasteiger partial charge in [-0.1, -0.05) is 0 Å². The lowest BCUT2D eigenvalue weighted by atomic mass is 10.2. The molecule has 0 aliphatic carbocycles. The zero-order valence-electron chi connectivity index (χ0n) is 8.97. The summed E-state index contributed by atoms with van der Waals surface area (Å²) in [6.45, 7) is 1.31. The zero-order chi connectivity index (χ0) is 12.0. The third kappa shape index (κ3) is 4.10. The van der Waals surface area contributed by atoms with Gasteiger partial charge in [0, 0.05) is 25.9 Å². The molecule has 1 aromatic carbocycles. The van der Waals surface area contributed by atoms with Gasteiger partial charge in [-0.25, -0.2) is 0 Å². The van der Waals surface area contributed by atoms with Crippen LogP contribution >= 0.6 is 0 Å². The van der Waals surface area contributed by atoms with Gasteiger partial charge in [0.25, 0.3) is 0 Å². The van der Waals surface area contributed by atoms with E-state index in [0.717, 1.165) is 18.6 Å². The molecule has 0 atom stereocenters. The van der Waals surface area contributed by atoms with Gasteiger partial charge >= 0.3 is 6.18 Å². The molecule has 1 aromatic rings. The molecule has 5 heteroatoms. The minimum atomic E-state index is -4.27. The van der Waals surface area contributed by atoms with Crippen molar-refractivity contribution in [1.82, 2.24) is 0 Å². The van der Waals surface area contributed by atoms with E-state index in [0.29, 0.717) is 18.8 Å². The van der Waals surface area contributed by atoms with Gasteiger partial charge < -0.3 is 10.1 Å². The molecule has 1 rings (SSSR count). The molecule has 0 bridgehead atoms. The lowest BCUT2D eigenvalue weighted by molar-refractivity contribution is -0.137. The molecule has 0 fully saturated rings. The summed E-state index contributed by atoms with van der Waals surface area (Å²) in [5.74, 6) is 0. The lowest BCUT2D eigenvalue weighted by Crippen LogP contribution is -2.07.